The smallest absolute Gasteiger partial charge is 0.435 e. The largest absolute Gasteiger partial charge is 0.448 e. The van der Waals surface area contributed by atoms with Crippen LogP contribution in [0.5, 0.6) is 0 Å². The Labute approximate surface area is 234 Å². The molecule has 0 bridgehead atoms. The van der Waals surface area contributed by atoms with E-state index in [1.54, 1.807) is 13.0 Å². The van der Waals surface area contributed by atoms with Crippen molar-refractivity contribution in [2.24, 2.45) is 0 Å². The van der Waals surface area contributed by atoms with Gasteiger partial charge in [-0.2, -0.15) is 4.68 Å². The van der Waals surface area contributed by atoms with Gasteiger partial charge in [-0.3, -0.25) is 19.1 Å². The number of aromatic nitrogens is 3. The van der Waals surface area contributed by atoms with Crippen LogP contribution in [0.4, 0.5) is 15.0 Å². The molecule has 0 radical (unpaired) electrons. The van der Waals surface area contributed by atoms with Gasteiger partial charge in [-0.25, -0.2) is 18.8 Å². The van der Waals surface area contributed by atoms with Crippen molar-refractivity contribution in [3.05, 3.63) is 89.8 Å². The first-order chi connectivity index (χ1) is 20.2. The highest BCUT2D eigenvalue weighted by atomic mass is 19.1. The Morgan fingerprint density at radius 3 is 2.36 bits per heavy atom. The van der Waals surface area contributed by atoms with Crippen molar-refractivity contribution in [2.45, 2.75) is 13.5 Å². The van der Waals surface area contributed by atoms with E-state index in [-0.39, 0.29) is 35.1 Å². The number of carbonyl (C=O) groups excluding carboxylic acids is 1. The first-order valence-corrected chi connectivity index (χ1v) is 13.2. The zero-order valence-electron chi connectivity index (χ0n) is 22.4. The molecule has 6 rings (SSSR count). The molecule has 42 heavy (non-hydrogen) atoms. The van der Waals surface area contributed by atoms with E-state index in [9.17, 15) is 28.4 Å². The van der Waals surface area contributed by atoms with Crippen LogP contribution in [-0.4, -0.2) is 64.7 Å². The number of hydrogen-bond acceptors (Lipinski definition) is 11. The molecule has 14 heteroatoms. The van der Waals surface area contributed by atoms with E-state index in [1.165, 1.54) is 24.3 Å². The van der Waals surface area contributed by atoms with E-state index in [4.69, 9.17) is 13.6 Å². The van der Waals surface area contributed by atoms with Crippen molar-refractivity contribution in [3.8, 4) is 0 Å². The Kier molecular flexibility index (Phi) is 6.90. The molecule has 1 aliphatic rings. The minimum absolute atomic E-state index is 0.0532. The van der Waals surface area contributed by atoms with E-state index in [0.717, 1.165) is 21.4 Å². The van der Waals surface area contributed by atoms with Crippen LogP contribution in [0.15, 0.2) is 70.5 Å². The summed E-state index contributed by atoms with van der Waals surface area (Å²) in [6.07, 6.45) is -0.698. The van der Waals surface area contributed by atoms with Crippen LogP contribution in [0.2, 0.25) is 0 Å². The number of hydrogen-bond donors (Lipinski definition) is 0. The lowest BCUT2D eigenvalue weighted by Gasteiger charge is -2.34. The lowest BCUT2D eigenvalue weighted by atomic mass is 10.2. The van der Waals surface area contributed by atoms with Crippen molar-refractivity contribution in [2.75, 3.05) is 44.2 Å². The van der Waals surface area contributed by atoms with E-state index < -0.39 is 34.3 Å². The fourth-order valence-electron chi connectivity index (χ4n) is 5.18. The molecule has 216 valence electrons. The summed E-state index contributed by atoms with van der Waals surface area (Å²) in [6.45, 7) is 4.45. The summed E-state index contributed by atoms with van der Waals surface area (Å²) in [4.78, 5) is 66.8. The van der Waals surface area contributed by atoms with Crippen LogP contribution in [0.3, 0.4) is 0 Å². The molecule has 5 aromatic rings. The summed E-state index contributed by atoms with van der Waals surface area (Å²) in [5, 5.41) is 4.96. The fraction of sp³-hybridized carbons (Fsp3) is 0.286. The van der Waals surface area contributed by atoms with Gasteiger partial charge in [0.05, 0.1) is 22.9 Å². The number of anilines is 1. The standard InChI is InChI=1S/C28H24FN5O8/c1-2-40-28(39)34-19-15-16(29)3-4-17(19)25(30-34)32-12-9-31(10-13-32)11-14-33-26(37)18-5-6-20-24(23(18)27(33)38)42-22(36)8-7-21(35)41-20/h3-8,15H,2,9-14H2,1H3. The van der Waals surface area contributed by atoms with Gasteiger partial charge in [0.2, 0.25) is 0 Å². The first kappa shape index (κ1) is 27.1. The molecule has 1 aliphatic heterocycles. The summed E-state index contributed by atoms with van der Waals surface area (Å²) in [5.74, 6) is 0.0275. The molecular weight excluding hydrogens is 553 g/mol. The molecule has 0 aliphatic carbocycles. The van der Waals surface area contributed by atoms with E-state index in [0.29, 0.717) is 49.4 Å². The third-order valence-electron chi connectivity index (χ3n) is 7.20. The number of ether oxygens (including phenoxy) is 1. The van der Waals surface area contributed by atoms with Crippen LogP contribution < -0.4 is 27.3 Å². The summed E-state index contributed by atoms with van der Waals surface area (Å²) in [5.41, 5.74) is -2.96. The predicted molar refractivity (Wildman–Crippen MR) is 150 cm³/mol. The van der Waals surface area contributed by atoms with Crippen LogP contribution in [0.1, 0.15) is 6.92 Å². The molecule has 13 nitrogen and oxygen atoms in total. The second kappa shape index (κ2) is 10.7. The maximum absolute atomic E-state index is 14.0. The molecule has 1 fully saturated rings. The van der Waals surface area contributed by atoms with Crippen LogP contribution in [0, 0.1) is 5.82 Å². The first-order valence-electron chi connectivity index (χ1n) is 13.2. The lowest BCUT2D eigenvalue weighted by molar-refractivity contribution is 0.151. The Morgan fingerprint density at radius 1 is 0.905 bits per heavy atom. The van der Waals surface area contributed by atoms with Crippen LogP contribution in [-0.2, 0) is 11.3 Å². The second-order valence-corrected chi connectivity index (χ2v) is 9.68. The Morgan fingerprint density at radius 2 is 1.62 bits per heavy atom. The van der Waals surface area contributed by atoms with Gasteiger partial charge in [-0.05, 0) is 31.2 Å². The lowest BCUT2D eigenvalue weighted by Crippen LogP contribution is -2.48. The third kappa shape index (κ3) is 4.75. The summed E-state index contributed by atoms with van der Waals surface area (Å²) < 4.78 is 31.5. The quantitative estimate of drug-likeness (QED) is 0.301. The topological polar surface area (TPSA) is 150 Å². The molecule has 0 spiro atoms. The maximum atomic E-state index is 14.0. The molecular formula is C28H24FN5O8. The van der Waals surface area contributed by atoms with Gasteiger partial charge in [-0.15, -0.1) is 5.10 Å². The predicted octanol–water partition coefficient (Wildman–Crippen LogP) is 1.74. The van der Waals surface area contributed by atoms with Gasteiger partial charge in [0, 0.05) is 62.9 Å². The third-order valence-corrected chi connectivity index (χ3v) is 7.20. The minimum Gasteiger partial charge on any atom is -0.448 e. The summed E-state index contributed by atoms with van der Waals surface area (Å²) in [6, 6.07) is 8.59. The Bertz CT molecular complexity index is 2110. The number of nitrogens with zero attached hydrogens (tertiary/aromatic N) is 5. The number of rotatable bonds is 5. The average molecular weight is 578 g/mol. The molecule has 3 aromatic heterocycles. The molecule has 2 aromatic carbocycles. The van der Waals surface area contributed by atoms with E-state index in [1.807, 2.05) is 4.90 Å². The number of carbonyl (C=O) groups is 1. The maximum Gasteiger partial charge on any atom is 0.435 e. The summed E-state index contributed by atoms with van der Waals surface area (Å²) >= 11 is 0. The van der Waals surface area contributed by atoms with Gasteiger partial charge < -0.3 is 18.5 Å². The zero-order chi connectivity index (χ0) is 29.5. The molecule has 0 atom stereocenters. The SMILES string of the molecule is CCOC(=O)n1nc(N2CCN(CCn3c(=O)c4ccc5oc(=O)ccc(=O)oc5c4c3=O)CC2)c2ccc(F)cc21. The van der Waals surface area contributed by atoms with Gasteiger partial charge in [0.1, 0.15) is 5.82 Å². The van der Waals surface area contributed by atoms with Gasteiger partial charge in [0.25, 0.3) is 11.1 Å². The highest BCUT2D eigenvalue weighted by molar-refractivity contribution is 6.01. The summed E-state index contributed by atoms with van der Waals surface area (Å²) in [7, 11) is 0. The average Bonchev–Trinajstić information content (AvgIpc) is 3.46. The normalized spacial score (nSPS) is 14.2. The second-order valence-electron chi connectivity index (χ2n) is 9.68. The van der Waals surface area contributed by atoms with Crippen LogP contribution >= 0.6 is 0 Å². The molecule has 0 N–H and O–H groups in total. The van der Waals surface area contributed by atoms with Crippen molar-refractivity contribution in [1.82, 2.24) is 19.2 Å². The molecule has 4 heterocycles. The molecule has 0 amide bonds. The molecule has 0 unspecified atom stereocenters. The van der Waals surface area contributed by atoms with E-state index in [2.05, 4.69) is 10.00 Å². The fourth-order valence-corrected chi connectivity index (χ4v) is 5.18. The number of piperazine rings is 1. The van der Waals surface area contributed by atoms with Crippen molar-refractivity contribution in [1.29, 1.82) is 0 Å². The van der Waals surface area contributed by atoms with Crippen molar-refractivity contribution >= 4 is 44.8 Å². The Balaban J connectivity index is 1.23. The number of fused-ring (bicyclic) bond motifs is 4. The van der Waals surface area contributed by atoms with Crippen LogP contribution in [0.25, 0.3) is 32.8 Å². The highest BCUT2D eigenvalue weighted by Crippen LogP contribution is 2.28. The Hall–Kier alpha value is -5.11. The number of halogens is 1. The molecule has 0 saturated carbocycles. The number of benzene rings is 2. The zero-order valence-corrected chi connectivity index (χ0v) is 22.4. The van der Waals surface area contributed by atoms with Crippen molar-refractivity contribution < 1.29 is 22.8 Å². The highest BCUT2D eigenvalue weighted by Gasteiger charge is 2.25. The van der Waals surface area contributed by atoms with Crippen molar-refractivity contribution in [3.63, 3.8) is 0 Å². The minimum atomic E-state index is -0.872. The monoisotopic (exact) mass is 577 g/mol. The van der Waals surface area contributed by atoms with Gasteiger partial charge in [0.15, 0.2) is 17.0 Å². The van der Waals surface area contributed by atoms with Gasteiger partial charge in [-0.1, -0.05) is 0 Å². The molecule has 1 saturated heterocycles. The van der Waals surface area contributed by atoms with Gasteiger partial charge >= 0.3 is 17.3 Å². The van der Waals surface area contributed by atoms with E-state index >= 15 is 0 Å².